The fourth-order valence-electron chi connectivity index (χ4n) is 3.76. The Labute approximate surface area is 190 Å². The van der Waals surface area contributed by atoms with Crippen molar-refractivity contribution in [3.63, 3.8) is 0 Å². The molecule has 0 radical (unpaired) electrons. The van der Waals surface area contributed by atoms with Crippen LogP contribution in [-0.2, 0) is 14.3 Å². The van der Waals surface area contributed by atoms with Crippen molar-refractivity contribution in [3.8, 4) is 5.75 Å². The van der Waals surface area contributed by atoms with Gasteiger partial charge in [0.2, 0.25) is 11.8 Å². The molecule has 1 aromatic rings. The number of fused-ring (bicyclic) bond motifs is 1. The van der Waals surface area contributed by atoms with Crippen molar-refractivity contribution in [1.82, 2.24) is 14.7 Å². The Balaban J connectivity index is 2.45. The molecule has 3 amide bonds. The van der Waals surface area contributed by atoms with Gasteiger partial charge in [0, 0.05) is 51.8 Å². The predicted octanol–water partition coefficient (Wildman–Crippen LogP) is 1.54. The zero-order chi connectivity index (χ0) is 24.0. The van der Waals surface area contributed by atoms with Crippen LogP contribution in [0.1, 0.15) is 31.1 Å². The van der Waals surface area contributed by atoms with Crippen LogP contribution in [0.3, 0.4) is 0 Å². The Morgan fingerprint density at radius 1 is 1.25 bits per heavy atom. The van der Waals surface area contributed by atoms with E-state index in [9.17, 15) is 14.4 Å². The number of nitrogens with one attached hydrogen (secondary N) is 1. The summed E-state index contributed by atoms with van der Waals surface area (Å²) >= 11 is 0. The minimum absolute atomic E-state index is 0.00140. The van der Waals surface area contributed by atoms with Gasteiger partial charge in [-0.1, -0.05) is 6.92 Å². The molecule has 0 saturated carbocycles. The Hall–Kier alpha value is -2.65. The van der Waals surface area contributed by atoms with E-state index >= 15 is 0 Å². The first-order chi connectivity index (χ1) is 15.0. The summed E-state index contributed by atoms with van der Waals surface area (Å²) in [6.07, 6.45) is -0.242. The molecule has 9 nitrogen and oxygen atoms in total. The number of ether oxygens (including phenoxy) is 2. The van der Waals surface area contributed by atoms with Crippen LogP contribution >= 0.6 is 0 Å². The fourth-order valence-corrected chi connectivity index (χ4v) is 3.76. The van der Waals surface area contributed by atoms with Gasteiger partial charge in [-0.3, -0.25) is 14.4 Å². The van der Waals surface area contributed by atoms with E-state index in [1.165, 1.54) is 6.92 Å². The van der Waals surface area contributed by atoms with Crippen LogP contribution in [0.2, 0.25) is 0 Å². The van der Waals surface area contributed by atoms with Crippen molar-refractivity contribution in [1.29, 1.82) is 0 Å². The van der Waals surface area contributed by atoms with Crippen molar-refractivity contribution < 1.29 is 23.9 Å². The number of carbonyl (C=O) groups excluding carboxylic acids is 3. The van der Waals surface area contributed by atoms with E-state index in [0.29, 0.717) is 30.1 Å². The van der Waals surface area contributed by atoms with E-state index in [2.05, 4.69) is 5.32 Å². The summed E-state index contributed by atoms with van der Waals surface area (Å²) in [6.45, 7) is 6.72. The number of hydrogen-bond donors (Lipinski definition) is 1. The zero-order valence-corrected chi connectivity index (χ0v) is 20.2. The van der Waals surface area contributed by atoms with Gasteiger partial charge in [-0.25, -0.2) is 0 Å². The molecule has 2 rings (SSSR count). The SMILES string of the molecule is CO[C@H]1CN(C)C(=O)c2ccc(NC(C)=O)cc2OC[C@@H](C)N(C(=O)CN(C)C)C[C@H]1C. The number of rotatable bonds is 4. The van der Waals surface area contributed by atoms with E-state index in [4.69, 9.17) is 9.47 Å². The average molecular weight is 449 g/mol. The van der Waals surface area contributed by atoms with Gasteiger partial charge < -0.3 is 29.5 Å². The molecule has 0 fully saturated rings. The largest absolute Gasteiger partial charge is 0.491 e. The summed E-state index contributed by atoms with van der Waals surface area (Å²) in [5.41, 5.74) is 0.929. The molecule has 0 aliphatic carbocycles. The van der Waals surface area contributed by atoms with Crippen LogP contribution in [0.25, 0.3) is 0 Å². The third kappa shape index (κ3) is 6.67. The molecule has 1 aliphatic rings. The van der Waals surface area contributed by atoms with Gasteiger partial charge in [-0.2, -0.15) is 0 Å². The van der Waals surface area contributed by atoms with Crippen molar-refractivity contribution in [2.45, 2.75) is 32.9 Å². The van der Waals surface area contributed by atoms with Crippen LogP contribution in [-0.4, -0.2) is 99.1 Å². The van der Waals surface area contributed by atoms with Gasteiger partial charge in [0.25, 0.3) is 5.91 Å². The van der Waals surface area contributed by atoms with Gasteiger partial charge in [0.15, 0.2) is 0 Å². The van der Waals surface area contributed by atoms with Gasteiger partial charge in [0.05, 0.1) is 24.3 Å². The van der Waals surface area contributed by atoms with Crippen LogP contribution in [0, 0.1) is 5.92 Å². The summed E-state index contributed by atoms with van der Waals surface area (Å²) in [7, 11) is 7.06. The number of carbonyl (C=O) groups is 3. The van der Waals surface area contributed by atoms with Crippen molar-refractivity contribution in [3.05, 3.63) is 23.8 Å². The van der Waals surface area contributed by atoms with E-state index in [1.54, 1.807) is 37.3 Å². The predicted molar refractivity (Wildman–Crippen MR) is 123 cm³/mol. The topological polar surface area (TPSA) is 91.4 Å². The summed E-state index contributed by atoms with van der Waals surface area (Å²) in [4.78, 5) is 42.9. The number of anilines is 1. The van der Waals surface area contributed by atoms with Gasteiger partial charge in [-0.15, -0.1) is 0 Å². The Morgan fingerprint density at radius 3 is 2.53 bits per heavy atom. The van der Waals surface area contributed by atoms with Crippen molar-refractivity contribution >= 4 is 23.4 Å². The molecule has 0 saturated heterocycles. The number of amides is 3. The molecule has 0 unspecified atom stereocenters. The highest BCUT2D eigenvalue weighted by atomic mass is 16.5. The molecule has 1 aromatic carbocycles. The molecule has 1 aliphatic heterocycles. The monoisotopic (exact) mass is 448 g/mol. The lowest BCUT2D eigenvalue weighted by Crippen LogP contribution is -2.50. The number of nitrogens with zero attached hydrogens (tertiary/aromatic N) is 3. The third-order valence-electron chi connectivity index (χ3n) is 5.54. The van der Waals surface area contributed by atoms with E-state index < -0.39 is 0 Å². The molecular formula is C23H36N4O5. The molecule has 1 N–H and O–H groups in total. The van der Waals surface area contributed by atoms with Crippen molar-refractivity contribution in [2.24, 2.45) is 5.92 Å². The standard InChI is InChI=1S/C23H36N4O5/c1-15-11-27(22(29)13-25(4)5)16(2)14-32-20-10-18(24-17(3)28)8-9-19(20)23(30)26(6)12-21(15)31-7/h8-10,15-16,21H,11-14H2,1-7H3,(H,24,28)/t15-,16-,21+/m1/s1. The number of methoxy groups -OCH3 is 1. The Morgan fingerprint density at radius 2 is 1.94 bits per heavy atom. The minimum Gasteiger partial charge on any atom is -0.491 e. The maximum Gasteiger partial charge on any atom is 0.257 e. The lowest BCUT2D eigenvalue weighted by Gasteiger charge is -2.36. The van der Waals surface area contributed by atoms with Gasteiger partial charge >= 0.3 is 0 Å². The summed E-state index contributed by atoms with van der Waals surface area (Å²) < 4.78 is 11.8. The first kappa shape index (κ1) is 25.6. The zero-order valence-electron chi connectivity index (χ0n) is 20.2. The molecule has 3 atom stereocenters. The normalized spacial score (nSPS) is 22.5. The molecule has 0 spiro atoms. The Kier molecular flexibility index (Phi) is 9.03. The second-order valence-corrected chi connectivity index (χ2v) is 8.77. The van der Waals surface area contributed by atoms with E-state index in [0.717, 1.165) is 0 Å². The van der Waals surface area contributed by atoms with Crippen LogP contribution in [0.5, 0.6) is 5.75 Å². The molecule has 32 heavy (non-hydrogen) atoms. The molecular weight excluding hydrogens is 412 g/mol. The maximum atomic E-state index is 13.2. The smallest absolute Gasteiger partial charge is 0.257 e. The lowest BCUT2D eigenvalue weighted by atomic mass is 10.0. The summed E-state index contributed by atoms with van der Waals surface area (Å²) in [5, 5.41) is 2.72. The third-order valence-corrected chi connectivity index (χ3v) is 5.54. The first-order valence-electron chi connectivity index (χ1n) is 10.8. The minimum atomic E-state index is -0.242. The summed E-state index contributed by atoms with van der Waals surface area (Å²) in [5.74, 6) is -0.0430. The van der Waals surface area contributed by atoms with Crippen LogP contribution in [0.15, 0.2) is 18.2 Å². The molecule has 1 heterocycles. The van der Waals surface area contributed by atoms with Gasteiger partial charge in [-0.05, 0) is 33.2 Å². The fraction of sp³-hybridized carbons (Fsp3) is 0.609. The highest BCUT2D eigenvalue weighted by Crippen LogP contribution is 2.27. The summed E-state index contributed by atoms with van der Waals surface area (Å²) in [6, 6.07) is 4.74. The number of likely N-dealkylation sites (N-methyl/N-ethyl adjacent to an activating group) is 2. The quantitative estimate of drug-likeness (QED) is 0.751. The second kappa shape index (κ2) is 11.3. The number of benzene rings is 1. The van der Waals surface area contributed by atoms with Crippen LogP contribution in [0.4, 0.5) is 5.69 Å². The number of hydrogen-bond acceptors (Lipinski definition) is 6. The second-order valence-electron chi connectivity index (χ2n) is 8.77. The van der Waals surface area contributed by atoms with Gasteiger partial charge in [0.1, 0.15) is 12.4 Å². The Bertz CT molecular complexity index is 829. The molecule has 9 heteroatoms. The molecule has 178 valence electrons. The first-order valence-corrected chi connectivity index (χ1v) is 10.8. The average Bonchev–Trinajstić information content (AvgIpc) is 2.71. The van der Waals surface area contributed by atoms with Crippen molar-refractivity contribution in [2.75, 3.05) is 59.8 Å². The molecule has 0 bridgehead atoms. The maximum absolute atomic E-state index is 13.2. The highest BCUT2D eigenvalue weighted by molar-refractivity contribution is 5.98. The lowest BCUT2D eigenvalue weighted by molar-refractivity contribution is -0.136. The van der Waals surface area contributed by atoms with E-state index in [-0.39, 0.29) is 48.9 Å². The molecule has 0 aromatic heterocycles. The van der Waals surface area contributed by atoms with Crippen LogP contribution < -0.4 is 10.1 Å². The highest BCUT2D eigenvalue weighted by Gasteiger charge is 2.30. The van der Waals surface area contributed by atoms with E-state index in [1.807, 2.05) is 37.7 Å².